The van der Waals surface area contributed by atoms with Crippen molar-refractivity contribution < 1.29 is 45.0 Å². The van der Waals surface area contributed by atoms with E-state index in [9.17, 15) is 45.0 Å². The molecular weight excluding hydrogens is 558 g/mol. The standard InChI is InChI=1S/C24H22F6N2O4S2/c25-23(26,27)22(34,24(28,29)30)17-6-8-18(9-7-17)32-11-10-31(38(35,36)21-5-2-12-37-21)15-19(32)13-16-3-1-4-20(33)14-16/h1-9,12,14,19,33-34H,10-11,13,15H2/t19-/m0/s1. The van der Waals surface area contributed by atoms with Crippen molar-refractivity contribution in [1.82, 2.24) is 4.31 Å². The minimum atomic E-state index is -6.01. The maximum atomic E-state index is 13.3. The number of piperazine rings is 1. The van der Waals surface area contributed by atoms with Crippen LogP contribution in [0.2, 0.25) is 0 Å². The number of rotatable bonds is 6. The number of hydrogen-bond acceptors (Lipinski definition) is 6. The summed E-state index contributed by atoms with van der Waals surface area (Å²) in [6.07, 6.45) is -11.8. The fourth-order valence-corrected chi connectivity index (χ4v) is 7.05. The van der Waals surface area contributed by atoms with E-state index in [4.69, 9.17) is 0 Å². The Balaban J connectivity index is 1.67. The zero-order valence-electron chi connectivity index (χ0n) is 19.4. The van der Waals surface area contributed by atoms with Crippen molar-refractivity contribution in [3.63, 3.8) is 0 Å². The highest BCUT2D eigenvalue weighted by Crippen LogP contribution is 2.50. The van der Waals surface area contributed by atoms with Crippen LogP contribution in [0.25, 0.3) is 0 Å². The molecule has 3 aromatic rings. The Morgan fingerprint density at radius 2 is 1.58 bits per heavy atom. The van der Waals surface area contributed by atoms with Gasteiger partial charge in [-0.05, 0) is 47.7 Å². The number of aliphatic hydroxyl groups is 1. The van der Waals surface area contributed by atoms with Crippen LogP contribution in [0.15, 0.2) is 70.3 Å². The molecule has 0 unspecified atom stereocenters. The molecule has 0 radical (unpaired) electrons. The van der Waals surface area contributed by atoms with Gasteiger partial charge in [0.1, 0.15) is 9.96 Å². The number of thiophene rings is 1. The van der Waals surface area contributed by atoms with Gasteiger partial charge in [-0.1, -0.05) is 30.3 Å². The third-order valence-electron chi connectivity index (χ3n) is 6.35. The smallest absolute Gasteiger partial charge is 0.430 e. The topological polar surface area (TPSA) is 81.1 Å². The summed E-state index contributed by atoms with van der Waals surface area (Å²) < 4.78 is 107. The Labute approximate surface area is 218 Å². The van der Waals surface area contributed by atoms with Gasteiger partial charge < -0.3 is 15.1 Å². The fourth-order valence-electron chi connectivity index (χ4n) is 4.43. The van der Waals surface area contributed by atoms with E-state index in [1.807, 2.05) is 0 Å². The van der Waals surface area contributed by atoms with Crippen molar-refractivity contribution in [3.05, 3.63) is 77.2 Å². The SMILES string of the molecule is O=S(=O)(c1cccs1)N1CCN(c2ccc(C(O)(C(F)(F)F)C(F)(F)F)cc2)[C@@H](Cc2cccc(O)c2)C1. The number of sulfonamides is 1. The van der Waals surface area contributed by atoms with Crippen LogP contribution in [-0.4, -0.2) is 61.0 Å². The second-order valence-electron chi connectivity index (χ2n) is 8.77. The Bertz CT molecular complexity index is 1350. The number of alkyl halides is 6. The highest BCUT2D eigenvalue weighted by atomic mass is 32.2. The van der Waals surface area contributed by atoms with Crippen molar-refractivity contribution in [3.8, 4) is 5.75 Å². The van der Waals surface area contributed by atoms with Gasteiger partial charge in [0.2, 0.25) is 0 Å². The zero-order chi connectivity index (χ0) is 27.9. The van der Waals surface area contributed by atoms with Gasteiger partial charge in [0.25, 0.3) is 15.6 Å². The van der Waals surface area contributed by atoms with Gasteiger partial charge in [-0.25, -0.2) is 8.42 Å². The molecule has 0 amide bonds. The predicted molar refractivity (Wildman–Crippen MR) is 128 cm³/mol. The third kappa shape index (κ3) is 5.22. The summed E-state index contributed by atoms with van der Waals surface area (Å²) in [5, 5.41) is 21.2. The van der Waals surface area contributed by atoms with Gasteiger partial charge >= 0.3 is 12.4 Å². The van der Waals surface area contributed by atoms with Crippen LogP contribution in [0, 0.1) is 0 Å². The van der Waals surface area contributed by atoms with Crippen LogP contribution in [0.4, 0.5) is 32.0 Å². The molecule has 2 N–H and O–H groups in total. The van der Waals surface area contributed by atoms with Crippen LogP contribution < -0.4 is 4.90 Å². The van der Waals surface area contributed by atoms with E-state index >= 15 is 0 Å². The summed E-state index contributed by atoms with van der Waals surface area (Å²) in [4.78, 5) is 1.69. The minimum absolute atomic E-state index is 0.0177. The van der Waals surface area contributed by atoms with Gasteiger partial charge in [-0.15, -0.1) is 11.3 Å². The first-order valence-electron chi connectivity index (χ1n) is 11.2. The van der Waals surface area contributed by atoms with E-state index in [2.05, 4.69) is 0 Å². The quantitative estimate of drug-likeness (QED) is 0.406. The first-order valence-corrected chi connectivity index (χ1v) is 13.5. The number of halogens is 6. The van der Waals surface area contributed by atoms with Gasteiger partial charge in [-0.2, -0.15) is 30.6 Å². The molecule has 0 saturated carbocycles. The maximum Gasteiger partial charge on any atom is 0.430 e. The van der Waals surface area contributed by atoms with Gasteiger partial charge in [-0.3, -0.25) is 0 Å². The van der Waals surface area contributed by atoms with E-state index in [1.54, 1.807) is 28.5 Å². The molecule has 206 valence electrons. The van der Waals surface area contributed by atoms with Gasteiger partial charge in [0.05, 0.1) is 0 Å². The largest absolute Gasteiger partial charge is 0.508 e. The monoisotopic (exact) mass is 580 g/mol. The van der Waals surface area contributed by atoms with E-state index in [-0.39, 0.29) is 41.7 Å². The number of phenolic OH excluding ortho intramolecular Hbond substituents is 1. The van der Waals surface area contributed by atoms with Crippen molar-refractivity contribution in [2.75, 3.05) is 24.5 Å². The molecule has 38 heavy (non-hydrogen) atoms. The lowest BCUT2D eigenvalue weighted by molar-refractivity contribution is -0.376. The summed E-state index contributed by atoms with van der Waals surface area (Å²) in [7, 11) is -3.82. The number of phenols is 1. The Morgan fingerprint density at radius 3 is 2.13 bits per heavy atom. The molecule has 0 spiro atoms. The fraction of sp³-hybridized carbons (Fsp3) is 0.333. The summed E-state index contributed by atoms with van der Waals surface area (Å²) in [5.74, 6) is -0.0177. The molecule has 1 aliphatic rings. The maximum absolute atomic E-state index is 13.3. The molecule has 2 heterocycles. The molecule has 1 fully saturated rings. The van der Waals surface area contributed by atoms with Gasteiger partial charge in [0.15, 0.2) is 0 Å². The van der Waals surface area contributed by atoms with Crippen LogP contribution >= 0.6 is 11.3 Å². The lowest BCUT2D eigenvalue weighted by Crippen LogP contribution is -2.55. The molecule has 0 bridgehead atoms. The Morgan fingerprint density at radius 1 is 0.921 bits per heavy atom. The highest BCUT2D eigenvalue weighted by Gasteiger charge is 2.71. The number of aromatic hydroxyl groups is 1. The van der Waals surface area contributed by atoms with Crippen molar-refractivity contribution in [2.45, 2.75) is 34.6 Å². The van der Waals surface area contributed by atoms with E-state index in [1.165, 1.54) is 22.5 Å². The molecule has 14 heteroatoms. The molecule has 1 aliphatic heterocycles. The number of anilines is 1. The molecular formula is C24H22F6N2O4S2. The van der Waals surface area contributed by atoms with Crippen LogP contribution in [0.5, 0.6) is 5.75 Å². The molecule has 0 aliphatic carbocycles. The van der Waals surface area contributed by atoms with E-state index in [0.29, 0.717) is 17.7 Å². The summed E-state index contributed by atoms with van der Waals surface area (Å²) >= 11 is 1.05. The summed E-state index contributed by atoms with van der Waals surface area (Å²) in [6.45, 7) is 0.0937. The summed E-state index contributed by atoms with van der Waals surface area (Å²) in [6, 6.07) is 12.0. The van der Waals surface area contributed by atoms with E-state index < -0.39 is 39.6 Å². The van der Waals surface area contributed by atoms with Crippen LogP contribution in [0.1, 0.15) is 11.1 Å². The van der Waals surface area contributed by atoms with Crippen molar-refractivity contribution in [1.29, 1.82) is 0 Å². The number of hydrogen-bond donors (Lipinski definition) is 2. The van der Waals surface area contributed by atoms with Gasteiger partial charge in [0, 0.05) is 36.9 Å². The predicted octanol–water partition coefficient (Wildman–Crippen LogP) is 4.89. The first kappa shape index (κ1) is 28.2. The molecule has 1 saturated heterocycles. The molecule has 1 atom stereocenters. The highest BCUT2D eigenvalue weighted by molar-refractivity contribution is 7.91. The Kier molecular flexibility index (Phi) is 7.47. The van der Waals surface area contributed by atoms with Crippen LogP contribution in [-0.2, 0) is 22.0 Å². The molecule has 2 aromatic carbocycles. The van der Waals surface area contributed by atoms with Crippen molar-refractivity contribution in [2.24, 2.45) is 0 Å². The third-order valence-corrected chi connectivity index (χ3v) is 9.59. The lowest BCUT2D eigenvalue weighted by Gasteiger charge is -2.42. The summed E-state index contributed by atoms with van der Waals surface area (Å²) in [5.41, 5.74) is -5.54. The second-order valence-corrected chi connectivity index (χ2v) is 11.9. The Hall–Kier alpha value is -2.81. The second kappa shape index (κ2) is 10.1. The molecule has 1 aromatic heterocycles. The molecule has 6 nitrogen and oxygen atoms in total. The van der Waals surface area contributed by atoms with E-state index in [0.717, 1.165) is 23.5 Å². The zero-order valence-corrected chi connectivity index (χ0v) is 21.1. The lowest BCUT2D eigenvalue weighted by atomic mass is 9.92. The number of benzene rings is 2. The first-order chi connectivity index (χ1) is 17.6. The minimum Gasteiger partial charge on any atom is -0.508 e. The normalized spacial score (nSPS) is 18.1. The van der Waals surface area contributed by atoms with Crippen molar-refractivity contribution >= 4 is 27.0 Å². The number of nitrogens with zero attached hydrogens (tertiary/aromatic N) is 2. The molecule has 4 rings (SSSR count). The average Bonchev–Trinajstić information content (AvgIpc) is 3.38. The average molecular weight is 581 g/mol. The van der Waals surface area contributed by atoms with Crippen LogP contribution in [0.3, 0.4) is 0 Å².